The maximum Gasteiger partial charge on any atom is 0.416 e. The van der Waals surface area contributed by atoms with Crippen LogP contribution in [0.15, 0.2) is 53.7 Å². The highest BCUT2D eigenvalue weighted by Crippen LogP contribution is 2.34. The van der Waals surface area contributed by atoms with Crippen molar-refractivity contribution >= 4 is 40.4 Å². The Labute approximate surface area is 176 Å². The number of halogens is 4. The quantitative estimate of drug-likeness (QED) is 0.395. The van der Waals surface area contributed by atoms with Crippen LogP contribution in [-0.4, -0.2) is 30.8 Å². The molecular weight excluding hydrogens is 441 g/mol. The Hall–Kier alpha value is -2.98. The van der Waals surface area contributed by atoms with E-state index in [1.54, 1.807) is 12.1 Å². The van der Waals surface area contributed by atoms with Crippen molar-refractivity contribution in [2.24, 2.45) is 0 Å². The predicted molar refractivity (Wildman–Crippen MR) is 106 cm³/mol. The second-order valence-corrected chi connectivity index (χ2v) is 7.75. The second-order valence-electron chi connectivity index (χ2n) is 6.32. The molecule has 0 unspecified atom stereocenters. The minimum Gasteiger partial charge on any atom is -0.478 e. The molecule has 154 valence electrons. The minimum absolute atomic E-state index is 0.0290. The molecule has 11 heteroatoms. The fraction of sp³-hybridized carbons (Fsp3) is 0.105. The van der Waals surface area contributed by atoms with E-state index in [9.17, 15) is 18.0 Å². The van der Waals surface area contributed by atoms with E-state index in [0.717, 1.165) is 17.7 Å². The number of alkyl halides is 3. The summed E-state index contributed by atoms with van der Waals surface area (Å²) in [7, 11) is 0. The van der Waals surface area contributed by atoms with Crippen LogP contribution in [0, 0.1) is 0 Å². The molecule has 0 aliphatic heterocycles. The zero-order valence-electron chi connectivity index (χ0n) is 14.9. The third kappa shape index (κ3) is 4.14. The Morgan fingerprint density at radius 3 is 2.60 bits per heavy atom. The summed E-state index contributed by atoms with van der Waals surface area (Å²) in [5.74, 6) is -0.331. The molecule has 2 heterocycles. The average molecular weight is 453 g/mol. The van der Waals surface area contributed by atoms with Crippen LogP contribution in [0.3, 0.4) is 0 Å². The molecule has 4 rings (SSSR count). The van der Waals surface area contributed by atoms with E-state index in [-0.39, 0.29) is 5.56 Å². The lowest BCUT2D eigenvalue weighted by atomic mass is 10.1. The highest BCUT2D eigenvalue weighted by Gasteiger charge is 2.29. The maximum absolute atomic E-state index is 12.7. The van der Waals surface area contributed by atoms with Crippen molar-refractivity contribution in [2.45, 2.75) is 16.8 Å². The normalized spacial score (nSPS) is 11.9. The third-order valence-corrected chi connectivity index (χ3v) is 5.80. The van der Waals surface area contributed by atoms with E-state index in [2.05, 4.69) is 15.1 Å². The average Bonchev–Trinajstić information content (AvgIpc) is 3.32. The highest BCUT2D eigenvalue weighted by molar-refractivity contribution is 7.98. The SMILES string of the molecule is O=C(O)c1cnn(-c2nc3cc(SCc4ccc(C(F)(F)F)cc4)c(Cl)cc3[nH]2)c1. The Bertz CT molecular complexity index is 1240. The van der Waals surface area contributed by atoms with Crippen molar-refractivity contribution < 1.29 is 23.1 Å². The molecule has 2 aromatic heterocycles. The van der Waals surface area contributed by atoms with E-state index in [1.165, 1.54) is 41.0 Å². The molecule has 0 fully saturated rings. The molecule has 2 N–H and O–H groups in total. The van der Waals surface area contributed by atoms with Crippen LogP contribution in [0.1, 0.15) is 21.5 Å². The van der Waals surface area contributed by atoms with Gasteiger partial charge in [-0.3, -0.25) is 0 Å². The smallest absolute Gasteiger partial charge is 0.416 e. The van der Waals surface area contributed by atoms with Gasteiger partial charge in [-0.15, -0.1) is 11.8 Å². The summed E-state index contributed by atoms with van der Waals surface area (Å²) < 4.78 is 39.3. The molecule has 0 spiro atoms. The number of carboxylic acid groups (broad SMARTS) is 1. The Balaban J connectivity index is 1.54. The number of H-pyrrole nitrogens is 1. The number of thioether (sulfide) groups is 1. The lowest BCUT2D eigenvalue weighted by molar-refractivity contribution is -0.137. The molecule has 0 saturated carbocycles. The molecule has 0 bridgehead atoms. The highest BCUT2D eigenvalue weighted by atomic mass is 35.5. The fourth-order valence-electron chi connectivity index (χ4n) is 2.72. The number of fused-ring (bicyclic) bond motifs is 1. The Morgan fingerprint density at radius 2 is 1.97 bits per heavy atom. The Kier molecular flexibility index (Phi) is 5.20. The van der Waals surface area contributed by atoms with Gasteiger partial charge in [0, 0.05) is 16.8 Å². The lowest BCUT2D eigenvalue weighted by Gasteiger charge is -2.08. The van der Waals surface area contributed by atoms with E-state index in [0.29, 0.717) is 32.7 Å². The van der Waals surface area contributed by atoms with Crippen LogP contribution >= 0.6 is 23.4 Å². The summed E-state index contributed by atoms with van der Waals surface area (Å²) in [6, 6.07) is 8.42. The van der Waals surface area contributed by atoms with Crippen LogP contribution in [0.4, 0.5) is 13.2 Å². The zero-order valence-corrected chi connectivity index (χ0v) is 16.5. The number of carboxylic acids is 1. The van der Waals surface area contributed by atoms with Crippen molar-refractivity contribution in [3.05, 3.63) is 70.5 Å². The number of nitrogens with zero attached hydrogens (tertiary/aromatic N) is 3. The molecule has 0 atom stereocenters. The number of aromatic carboxylic acids is 1. The summed E-state index contributed by atoms with van der Waals surface area (Å²) in [5, 5.41) is 13.4. The molecule has 2 aromatic carbocycles. The van der Waals surface area contributed by atoms with Crippen molar-refractivity contribution in [1.82, 2.24) is 19.7 Å². The first-order valence-corrected chi connectivity index (χ1v) is 9.83. The molecular formula is C19H12ClF3N4O2S. The van der Waals surface area contributed by atoms with E-state index in [4.69, 9.17) is 16.7 Å². The van der Waals surface area contributed by atoms with Gasteiger partial charge in [-0.05, 0) is 29.8 Å². The van der Waals surface area contributed by atoms with E-state index in [1.807, 2.05) is 0 Å². The summed E-state index contributed by atoms with van der Waals surface area (Å²) in [4.78, 5) is 19.1. The number of hydrogen-bond acceptors (Lipinski definition) is 4. The van der Waals surface area contributed by atoms with E-state index >= 15 is 0 Å². The van der Waals surface area contributed by atoms with Crippen LogP contribution in [-0.2, 0) is 11.9 Å². The molecule has 0 saturated heterocycles. The van der Waals surface area contributed by atoms with Gasteiger partial charge in [-0.25, -0.2) is 14.5 Å². The first kappa shape index (κ1) is 20.3. The van der Waals surface area contributed by atoms with Crippen molar-refractivity contribution in [1.29, 1.82) is 0 Å². The van der Waals surface area contributed by atoms with Gasteiger partial charge in [0.1, 0.15) is 0 Å². The summed E-state index contributed by atoms with van der Waals surface area (Å²) in [6.07, 6.45) is -1.81. The third-order valence-electron chi connectivity index (χ3n) is 4.25. The molecule has 30 heavy (non-hydrogen) atoms. The number of aromatic nitrogens is 4. The summed E-state index contributed by atoms with van der Waals surface area (Å²) in [6.45, 7) is 0. The number of aromatic amines is 1. The molecule has 0 aliphatic carbocycles. The molecule has 4 aromatic rings. The summed E-state index contributed by atoms with van der Waals surface area (Å²) >= 11 is 7.71. The van der Waals surface area contributed by atoms with Crippen LogP contribution in [0.25, 0.3) is 17.0 Å². The van der Waals surface area contributed by atoms with Crippen LogP contribution < -0.4 is 0 Å². The van der Waals surface area contributed by atoms with Gasteiger partial charge in [0.15, 0.2) is 0 Å². The van der Waals surface area contributed by atoms with Gasteiger partial charge < -0.3 is 10.1 Å². The van der Waals surface area contributed by atoms with Gasteiger partial charge in [0.05, 0.1) is 33.4 Å². The minimum atomic E-state index is -4.36. The standard InChI is InChI=1S/C19H12ClF3N4O2S/c20-13-5-14-15(26-18(25-14)27-8-11(7-24-27)17(28)29)6-16(13)30-9-10-1-3-12(4-2-10)19(21,22)23/h1-8H,9H2,(H,25,26)(H,28,29). The zero-order chi connectivity index (χ0) is 21.5. The molecule has 0 aliphatic rings. The lowest BCUT2D eigenvalue weighted by Crippen LogP contribution is -2.04. The number of hydrogen-bond donors (Lipinski definition) is 2. The monoisotopic (exact) mass is 452 g/mol. The van der Waals surface area contributed by atoms with Gasteiger partial charge >= 0.3 is 12.1 Å². The van der Waals surface area contributed by atoms with Gasteiger partial charge in [0.2, 0.25) is 5.95 Å². The van der Waals surface area contributed by atoms with Crippen LogP contribution in [0.2, 0.25) is 5.02 Å². The number of rotatable bonds is 5. The summed E-state index contributed by atoms with van der Waals surface area (Å²) in [5.41, 5.74) is 1.30. The predicted octanol–water partition coefficient (Wildman–Crippen LogP) is 5.41. The number of benzene rings is 2. The molecule has 6 nitrogen and oxygen atoms in total. The maximum atomic E-state index is 12.7. The van der Waals surface area contributed by atoms with Gasteiger partial charge in [-0.1, -0.05) is 23.7 Å². The van der Waals surface area contributed by atoms with Gasteiger partial charge in [-0.2, -0.15) is 18.3 Å². The number of carbonyl (C=O) groups is 1. The Morgan fingerprint density at radius 1 is 1.23 bits per heavy atom. The second kappa shape index (κ2) is 7.69. The number of imidazole rings is 1. The fourth-order valence-corrected chi connectivity index (χ4v) is 3.95. The van der Waals surface area contributed by atoms with Crippen molar-refractivity contribution in [3.8, 4) is 5.95 Å². The first-order chi connectivity index (χ1) is 14.2. The van der Waals surface area contributed by atoms with E-state index < -0.39 is 17.7 Å². The van der Waals surface area contributed by atoms with Crippen molar-refractivity contribution in [3.63, 3.8) is 0 Å². The molecule has 0 amide bonds. The largest absolute Gasteiger partial charge is 0.478 e. The number of nitrogens with one attached hydrogen (secondary N) is 1. The first-order valence-electron chi connectivity index (χ1n) is 8.47. The van der Waals surface area contributed by atoms with Crippen LogP contribution in [0.5, 0.6) is 0 Å². The topological polar surface area (TPSA) is 83.8 Å². The van der Waals surface area contributed by atoms with Gasteiger partial charge in [0.25, 0.3) is 0 Å². The van der Waals surface area contributed by atoms with Crippen molar-refractivity contribution in [2.75, 3.05) is 0 Å². The molecule has 0 radical (unpaired) electrons.